The third-order valence-corrected chi connectivity index (χ3v) is 6.22. The first-order valence-electron chi connectivity index (χ1n) is 11.1. The fourth-order valence-electron chi connectivity index (χ4n) is 4.53. The Kier molecular flexibility index (Phi) is 5.55. The number of carbonyl (C=O) groups excluding carboxylic acids is 1. The van der Waals surface area contributed by atoms with Gasteiger partial charge in [-0.1, -0.05) is 91.0 Å². The van der Waals surface area contributed by atoms with Crippen molar-refractivity contribution in [3.63, 3.8) is 0 Å². The van der Waals surface area contributed by atoms with Crippen molar-refractivity contribution in [3.8, 4) is 11.4 Å². The van der Waals surface area contributed by atoms with E-state index in [-0.39, 0.29) is 18.1 Å². The van der Waals surface area contributed by atoms with Crippen molar-refractivity contribution < 1.29 is 4.79 Å². The van der Waals surface area contributed by atoms with Crippen LogP contribution in [0.25, 0.3) is 11.4 Å². The number of rotatable bonds is 5. The molecule has 0 N–H and O–H groups in total. The zero-order valence-corrected chi connectivity index (χ0v) is 18.1. The number of aryl methyl sites for hydroxylation is 1. The lowest BCUT2D eigenvalue weighted by Crippen LogP contribution is -2.44. The van der Waals surface area contributed by atoms with E-state index >= 15 is 0 Å². The first-order valence-corrected chi connectivity index (χ1v) is 11.1. The molecule has 5 heteroatoms. The van der Waals surface area contributed by atoms with Crippen LogP contribution in [0.3, 0.4) is 0 Å². The minimum absolute atomic E-state index is 0.0591. The number of hydrogen-bond acceptors (Lipinski definition) is 3. The van der Waals surface area contributed by atoms with Gasteiger partial charge in [0, 0.05) is 18.0 Å². The van der Waals surface area contributed by atoms with E-state index in [1.807, 2.05) is 59.5 Å². The SMILES string of the molecule is CC(c1ccccc1)N1C(=O)n2nc(-c3ccccc3)nc2CCC1Cc1ccccc1. The van der Waals surface area contributed by atoms with Crippen molar-refractivity contribution in [2.75, 3.05) is 0 Å². The van der Waals surface area contributed by atoms with Crippen LogP contribution in [0, 0.1) is 0 Å². The summed E-state index contributed by atoms with van der Waals surface area (Å²) in [5, 5.41) is 4.64. The Hall–Kier alpha value is -3.73. The number of carbonyl (C=O) groups is 1. The molecule has 1 aliphatic rings. The number of aromatic nitrogens is 3. The Bertz CT molecular complexity index is 1190. The molecule has 0 spiro atoms. The number of benzene rings is 3. The van der Waals surface area contributed by atoms with Crippen LogP contribution < -0.4 is 0 Å². The van der Waals surface area contributed by atoms with Crippen LogP contribution in [0.4, 0.5) is 4.79 Å². The van der Waals surface area contributed by atoms with Crippen LogP contribution in [-0.2, 0) is 12.8 Å². The Balaban J connectivity index is 1.53. The van der Waals surface area contributed by atoms with Gasteiger partial charge in [-0.15, -0.1) is 5.10 Å². The van der Waals surface area contributed by atoms with E-state index in [0.717, 1.165) is 29.8 Å². The molecule has 1 aliphatic heterocycles. The lowest BCUT2D eigenvalue weighted by molar-refractivity contribution is 0.147. The predicted molar refractivity (Wildman–Crippen MR) is 125 cm³/mol. The second-order valence-electron chi connectivity index (χ2n) is 8.29. The molecule has 5 rings (SSSR count). The highest BCUT2D eigenvalue weighted by atomic mass is 16.2. The Morgan fingerprint density at radius 3 is 2.22 bits per heavy atom. The van der Waals surface area contributed by atoms with Gasteiger partial charge in [0.15, 0.2) is 5.82 Å². The van der Waals surface area contributed by atoms with Crippen LogP contribution in [0.5, 0.6) is 0 Å². The van der Waals surface area contributed by atoms with Crippen molar-refractivity contribution in [2.45, 2.75) is 38.3 Å². The Morgan fingerprint density at radius 1 is 0.906 bits per heavy atom. The molecule has 160 valence electrons. The van der Waals surface area contributed by atoms with Gasteiger partial charge in [0.25, 0.3) is 0 Å². The zero-order valence-electron chi connectivity index (χ0n) is 18.1. The molecule has 1 amide bonds. The van der Waals surface area contributed by atoms with Crippen LogP contribution in [-0.4, -0.2) is 31.7 Å². The summed E-state index contributed by atoms with van der Waals surface area (Å²) in [7, 11) is 0. The van der Waals surface area contributed by atoms with Crippen molar-refractivity contribution in [2.24, 2.45) is 0 Å². The van der Waals surface area contributed by atoms with Crippen LogP contribution in [0.15, 0.2) is 91.0 Å². The van der Waals surface area contributed by atoms with E-state index in [1.54, 1.807) is 0 Å². The monoisotopic (exact) mass is 422 g/mol. The van der Waals surface area contributed by atoms with Crippen LogP contribution in [0.2, 0.25) is 0 Å². The number of nitrogens with zero attached hydrogens (tertiary/aromatic N) is 4. The van der Waals surface area contributed by atoms with Gasteiger partial charge in [-0.3, -0.25) is 0 Å². The van der Waals surface area contributed by atoms with Crippen molar-refractivity contribution in [1.82, 2.24) is 19.7 Å². The van der Waals surface area contributed by atoms with E-state index in [2.05, 4.69) is 48.4 Å². The summed E-state index contributed by atoms with van der Waals surface area (Å²) in [5.74, 6) is 1.33. The van der Waals surface area contributed by atoms with Gasteiger partial charge in [-0.2, -0.15) is 4.68 Å². The van der Waals surface area contributed by atoms with Gasteiger partial charge in [0.1, 0.15) is 5.82 Å². The Morgan fingerprint density at radius 2 is 1.53 bits per heavy atom. The maximum atomic E-state index is 13.9. The smallest absolute Gasteiger partial charge is 0.313 e. The molecule has 0 bridgehead atoms. The molecule has 1 aromatic heterocycles. The molecule has 3 aromatic carbocycles. The number of fused-ring (bicyclic) bond motifs is 1. The number of amides is 1. The third kappa shape index (κ3) is 3.94. The zero-order chi connectivity index (χ0) is 21.9. The van der Waals surface area contributed by atoms with Crippen molar-refractivity contribution >= 4 is 6.03 Å². The minimum atomic E-state index is -0.107. The van der Waals surface area contributed by atoms with E-state index in [0.29, 0.717) is 12.2 Å². The van der Waals surface area contributed by atoms with Gasteiger partial charge >= 0.3 is 6.03 Å². The maximum absolute atomic E-state index is 13.9. The molecule has 2 heterocycles. The summed E-state index contributed by atoms with van der Waals surface area (Å²) in [6.45, 7) is 2.10. The molecule has 2 unspecified atom stereocenters. The van der Waals surface area contributed by atoms with Gasteiger partial charge in [-0.25, -0.2) is 9.78 Å². The summed E-state index contributed by atoms with van der Waals surface area (Å²) in [4.78, 5) is 20.6. The highest BCUT2D eigenvalue weighted by Crippen LogP contribution is 2.30. The summed E-state index contributed by atoms with van der Waals surface area (Å²) in [5.41, 5.74) is 3.27. The highest BCUT2D eigenvalue weighted by molar-refractivity contribution is 5.78. The molecule has 4 aromatic rings. The molecule has 0 saturated carbocycles. The predicted octanol–water partition coefficient (Wildman–Crippen LogP) is 5.53. The van der Waals surface area contributed by atoms with E-state index in [4.69, 9.17) is 4.98 Å². The van der Waals surface area contributed by atoms with Crippen molar-refractivity contribution in [3.05, 3.63) is 108 Å². The second-order valence-corrected chi connectivity index (χ2v) is 8.29. The molecule has 5 nitrogen and oxygen atoms in total. The summed E-state index contributed by atoms with van der Waals surface area (Å²) < 4.78 is 1.52. The average Bonchev–Trinajstić information content (AvgIpc) is 3.23. The lowest BCUT2D eigenvalue weighted by atomic mass is 9.97. The van der Waals surface area contributed by atoms with Gasteiger partial charge < -0.3 is 4.90 Å². The minimum Gasteiger partial charge on any atom is -0.313 e. The second kappa shape index (κ2) is 8.79. The van der Waals surface area contributed by atoms with Crippen LogP contribution >= 0.6 is 0 Å². The molecule has 2 atom stereocenters. The standard InChI is InChI=1S/C27H26N4O/c1-20(22-13-7-3-8-14-22)30-24(19-21-11-5-2-6-12-21)17-18-25-28-26(29-31(25)27(30)32)23-15-9-4-10-16-23/h2-16,20,24H,17-19H2,1H3. The first-order chi connectivity index (χ1) is 15.7. The molecular formula is C27H26N4O. The molecule has 0 saturated heterocycles. The summed E-state index contributed by atoms with van der Waals surface area (Å²) in [6.07, 6.45) is 2.35. The number of hydrogen-bond donors (Lipinski definition) is 0. The molecule has 0 aliphatic carbocycles. The van der Waals surface area contributed by atoms with Crippen LogP contribution in [0.1, 0.15) is 36.3 Å². The largest absolute Gasteiger partial charge is 0.347 e. The summed E-state index contributed by atoms with van der Waals surface area (Å²) in [6, 6.07) is 30.3. The fourth-order valence-corrected chi connectivity index (χ4v) is 4.53. The Labute approximate surface area is 188 Å². The molecule has 0 radical (unpaired) electrons. The quantitative estimate of drug-likeness (QED) is 0.425. The fraction of sp³-hybridized carbons (Fsp3) is 0.222. The highest BCUT2D eigenvalue weighted by Gasteiger charge is 2.35. The van der Waals surface area contributed by atoms with E-state index < -0.39 is 0 Å². The topological polar surface area (TPSA) is 51.0 Å². The maximum Gasteiger partial charge on any atom is 0.347 e. The van der Waals surface area contributed by atoms with Gasteiger partial charge in [0.05, 0.1) is 6.04 Å². The first kappa shape index (κ1) is 20.2. The molecular weight excluding hydrogens is 396 g/mol. The molecule has 32 heavy (non-hydrogen) atoms. The summed E-state index contributed by atoms with van der Waals surface area (Å²) >= 11 is 0. The lowest BCUT2D eigenvalue weighted by Gasteiger charge is -2.35. The van der Waals surface area contributed by atoms with E-state index in [9.17, 15) is 4.79 Å². The van der Waals surface area contributed by atoms with Crippen molar-refractivity contribution in [1.29, 1.82) is 0 Å². The van der Waals surface area contributed by atoms with Gasteiger partial charge in [0.2, 0.25) is 0 Å². The van der Waals surface area contributed by atoms with Gasteiger partial charge in [-0.05, 0) is 30.9 Å². The molecule has 0 fully saturated rings. The van der Waals surface area contributed by atoms with E-state index in [1.165, 1.54) is 10.2 Å². The average molecular weight is 423 g/mol. The normalized spacial score (nSPS) is 17.0. The third-order valence-electron chi connectivity index (χ3n) is 6.22.